The van der Waals surface area contributed by atoms with Crippen LogP contribution < -0.4 is 10.6 Å². The van der Waals surface area contributed by atoms with Crippen LogP contribution in [-0.2, 0) is 0 Å². The van der Waals surface area contributed by atoms with Crippen molar-refractivity contribution < 1.29 is 4.92 Å². The number of pyridine rings is 1. The Morgan fingerprint density at radius 2 is 2.50 bits per heavy atom. The minimum absolute atomic E-state index is 0.0337. The van der Waals surface area contributed by atoms with Crippen LogP contribution in [-0.4, -0.2) is 29.0 Å². The molecule has 0 saturated carbocycles. The van der Waals surface area contributed by atoms with Crippen LogP contribution in [0.3, 0.4) is 0 Å². The Morgan fingerprint density at radius 3 is 3.11 bits per heavy atom. The van der Waals surface area contributed by atoms with Crippen molar-refractivity contribution in [2.45, 2.75) is 25.8 Å². The lowest BCUT2D eigenvalue weighted by Crippen LogP contribution is -2.29. The van der Waals surface area contributed by atoms with Crippen LogP contribution in [0.4, 0.5) is 11.5 Å². The van der Waals surface area contributed by atoms with E-state index in [-0.39, 0.29) is 5.69 Å². The van der Waals surface area contributed by atoms with Crippen molar-refractivity contribution in [3.8, 4) is 0 Å². The molecule has 1 saturated heterocycles. The number of nitrogens with one attached hydrogen (secondary N) is 2. The van der Waals surface area contributed by atoms with Gasteiger partial charge in [0, 0.05) is 18.2 Å². The second-order valence-electron chi connectivity index (χ2n) is 4.36. The molecule has 0 aromatic carbocycles. The summed E-state index contributed by atoms with van der Waals surface area (Å²) in [6.07, 6.45) is 3.64. The lowest BCUT2D eigenvalue weighted by Gasteiger charge is -2.13. The molecule has 0 amide bonds. The first-order chi connectivity index (χ1) is 8.59. The van der Waals surface area contributed by atoms with Crippen molar-refractivity contribution in [3.63, 3.8) is 0 Å². The summed E-state index contributed by atoms with van der Waals surface area (Å²) in [4.78, 5) is 14.4. The molecule has 1 unspecified atom stereocenters. The van der Waals surface area contributed by atoms with Gasteiger partial charge in [0.1, 0.15) is 12.0 Å². The van der Waals surface area contributed by atoms with E-state index < -0.39 is 4.92 Å². The third-order valence-electron chi connectivity index (χ3n) is 3.11. The standard InChI is InChI=1S/C11H15BrN4O2/c1-7-9(16(17)18)6-15-11(10(7)12)14-5-8-3-2-4-13-8/h6,8,13H,2-5H2,1H3,(H,14,15). The Kier molecular flexibility index (Phi) is 4.13. The SMILES string of the molecule is Cc1c([N+](=O)[O-])cnc(NCC2CCCN2)c1Br. The molecular weight excluding hydrogens is 300 g/mol. The van der Waals surface area contributed by atoms with Crippen LogP contribution in [0.25, 0.3) is 0 Å². The van der Waals surface area contributed by atoms with Crippen LogP contribution in [0.1, 0.15) is 18.4 Å². The molecule has 1 aromatic rings. The van der Waals surface area contributed by atoms with Gasteiger partial charge in [-0.2, -0.15) is 0 Å². The van der Waals surface area contributed by atoms with E-state index in [1.54, 1.807) is 6.92 Å². The molecule has 1 aliphatic rings. The van der Waals surface area contributed by atoms with Crippen LogP contribution in [0.2, 0.25) is 0 Å². The van der Waals surface area contributed by atoms with Gasteiger partial charge in [0.15, 0.2) is 0 Å². The van der Waals surface area contributed by atoms with Gasteiger partial charge in [-0.15, -0.1) is 0 Å². The minimum Gasteiger partial charge on any atom is -0.368 e. The van der Waals surface area contributed by atoms with Crippen molar-refractivity contribution in [2.24, 2.45) is 0 Å². The summed E-state index contributed by atoms with van der Waals surface area (Å²) in [5.41, 5.74) is 0.628. The van der Waals surface area contributed by atoms with Crippen molar-refractivity contribution in [2.75, 3.05) is 18.4 Å². The highest BCUT2D eigenvalue weighted by molar-refractivity contribution is 9.10. The number of rotatable bonds is 4. The molecule has 2 rings (SSSR count). The number of hydrogen-bond donors (Lipinski definition) is 2. The molecule has 98 valence electrons. The number of aromatic nitrogens is 1. The quantitative estimate of drug-likeness (QED) is 0.658. The molecule has 0 bridgehead atoms. The van der Waals surface area contributed by atoms with Gasteiger partial charge in [0.25, 0.3) is 5.69 Å². The van der Waals surface area contributed by atoms with E-state index >= 15 is 0 Å². The van der Waals surface area contributed by atoms with E-state index in [9.17, 15) is 10.1 Å². The molecule has 1 aromatic heterocycles. The first-order valence-corrected chi connectivity index (χ1v) is 6.65. The molecular formula is C11H15BrN4O2. The summed E-state index contributed by atoms with van der Waals surface area (Å²) in [6, 6.07) is 0.453. The van der Waals surface area contributed by atoms with Gasteiger partial charge >= 0.3 is 0 Å². The van der Waals surface area contributed by atoms with Gasteiger partial charge in [0.05, 0.1) is 9.40 Å². The molecule has 0 radical (unpaired) electrons. The average Bonchev–Trinajstić information content (AvgIpc) is 2.83. The van der Waals surface area contributed by atoms with Gasteiger partial charge in [-0.25, -0.2) is 4.98 Å². The highest BCUT2D eigenvalue weighted by Gasteiger charge is 2.18. The zero-order chi connectivity index (χ0) is 13.1. The Balaban J connectivity index is 2.09. The van der Waals surface area contributed by atoms with Crippen molar-refractivity contribution in [3.05, 3.63) is 26.3 Å². The zero-order valence-electron chi connectivity index (χ0n) is 10.1. The van der Waals surface area contributed by atoms with E-state index in [4.69, 9.17) is 0 Å². The topological polar surface area (TPSA) is 80.1 Å². The van der Waals surface area contributed by atoms with Crippen LogP contribution in [0, 0.1) is 17.0 Å². The molecule has 1 aliphatic heterocycles. The zero-order valence-corrected chi connectivity index (χ0v) is 11.7. The molecule has 0 spiro atoms. The molecule has 2 heterocycles. The van der Waals surface area contributed by atoms with Gasteiger partial charge < -0.3 is 10.6 Å². The molecule has 7 heteroatoms. The van der Waals surface area contributed by atoms with E-state index in [1.807, 2.05) is 0 Å². The molecule has 1 fully saturated rings. The summed E-state index contributed by atoms with van der Waals surface area (Å²) < 4.78 is 0.662. The summed E-state index contributed by atoms with van der Waals surface area (Å²) in [5.74, 6) is 0.659. The minimum atomic E-state index is -0.421. The molecule has 1 atom stereocenters. The molecule has 0 aliphatic carbocycles. The van der Waals surface area contributed by atoms with Crippen LogP contribution in [0.5, 0.6) is 0 Å². The van der Waals surface area contributed by atoms with Crippen molar-refractivity contribution in [1.82, 2.24) is 10.3 Å². The van der Waals surface area contributed by atoms with Gasteiger partial charge in [-0.05, 0) is 42.2 Å². The predicted octanol–water partition coefficient (Wildman–Crippen LogP) is 2.22. The second kappa shape index (κ2) is 5.62. The number of anilines is 1. The summed E-state index contributed by atoms with van der Waals surface area (Å²) in [6.45, 7) is 3.55. The number of halogens is 1. The lowest BCUT2D eigenvalue weighted by molar-refractivity contribution is -0.385. The molecule has 6 nitrogen and oxygen atoms in total. The van der Waals surface area contributed by atoms with Crippen molar-refractivity contribution >= 4 is 27.4 Å². The maximum Gasteiger partial charge on any atom is 0.291 e. The Labute approximate surface area is 113 Å². The third kappa shape index (κ3) is 2.78. The fourth-order valence-corrected chi connectivity index (χ4v) is 2.47. The van der Waals surface area contributed by atoms with Crippen molar-refractivity contribution in [1.29, 1.82) is 0 Å². The summed E-state index contributed by atoms with van der Waals surface area (Å²) in [5, 5.41) is 17.4. The van der Waals surface area contributed by atoms with Gasteiger partial charge in [-0.3, -0.25) is 10.1 Å². The second-order valence-corrected chi connectivity index (χ2v) is 5.16. The van der Waals surface area contributed by atoms with Gasteiger partial charge in [0.2, 0.25) is 0 Å². The first-order valence-electron chi connectivity index (χ1n) is 5.86. The van der Waals surface area contributed by atoms with E-state index in [0.29, 0.717) is 21.9 Å². The Morgan fingerprint density at radius 1 is 1.72 bits per heavy atom. The summed E-state index contributed by atoms with van der Waals surface area (Å²) in [7, 11) is 0. The number of nitrogens with zero attached hydrogens (tertiary/aromatic N) is 2. The number of nitro groups is 1. The van der Waals surface area contributed by atoms with Crippen LogP contribution in [0.15, 0.2) is 10.7 Å². The number of hydrogen-bond acceptors (Lipinski definition) is 5. The van der Waals surface area contributed by atoms with E-state index in [0.717, 1.165) is 19.5 Å². The maximum atomic E-state index is 10.8. The highest BCUT2D eigenvalue weighted by Crippen LogP contribution is 2.30. The first kappa shape index (κ1) is 13.2. The van der Waals surface area contributed by atoms with Gasteiger partial charge in [-0.1, -0.05) is 0 Å². The maximum absolute atomic E-state index is 10.8. The Bertz CT molecular complexity index is 461. The lowest BCUT2D eigenvalue weighted by atomic mass is 10.2. The monoisotopic (exact) mass is 314 g/mol. The fourth-order valence-electron chi connectivity index (χ4n) is 2.03. The van der Waals surface area contributed by atoms with E-state index in [2.05, 4.69) is 31.5 Å². The fraction of sp³-hybridized carbons (Fsp3) is 0.545. The van der Waals surface area contributed by atoms with Crippen LogP contribution >= 0.6 is 15.9 Å². The average molecular weight is 315 g/mol. The highest BCUT2D eigenvalue weighted by atomic mass is 79.9. The normalized spacial score (nSPS) is 18.9. The van der Waals surface area contributed by atoms with E-state index in [1.165, 1.54) is 12.6 Å². The predicted molar refractivity (Wildman–Crippen MR) is 72.8 cm³/mol. The molecule has 18 heavy (non-hydrogen) atoms. The molecule has 2 N–H and O–H groups in total. The third-order valence-corrected chi connectivity index (χ3v) is 4.08. The summed E-state index contributed by atoms with van der Waals surface area (Å²) >= 11 is 3.36. The largest absolute Gasteiger partial charge is 0.368 e. The Hall–Kier alpha value is -1.21. The smallest absolute Gasteiger partial charge is 0.291 e.